The van der Waals surface area contributed by atoms with Crippen molar-refractivity contribution in [2.24, 2.45) is 10.8 Å². The maximum Gasteiger partial charge on any atom is 0.326 e. The molecule has 1 unspecified atom stereocenters. The number of amides is 2. The molecule has 3 N–H and O–H groups in total. The molecule has 0 bridgehead atoms. The highest BCUT2D eigenvalue weighted by Gasteiger charge is 2.31. The van der Waals surface area contributed by atoms with Gasteiger partial charge in [-0.25, -0.2) is 4.79 Å². The van der Waals surface area contributed by atoms with Crippen LogP contribution in [0.15, 0.2) is 0 Å². The van der Waals surface area contributed by atoms with Crippen molar-refractivity contribution >= 4 is 24.1 Å². The van der Waals surface area contributed by atoms with Gasteiger partial charge in [0.25, 0.3) is 0 Å². The van der Waals surface area contributed by atoms with Gasteiger partial charge in [0.05, 0.1) is 19.8 Å². The molecule has 0 saturated carbocycles. The van der Waals surface area contributed by atoms with Crippen LogP contribution in [0.4, 0.5) is 0 Å². The van der Waals surface area contributed by atoms with Crippen molar-refractivity contribution in [3.05, 3.63) is 0 Å². The summed E-state index contributed by atoms with van der Waals surface area (Å²) in [7, 11) is 0. The third kappa shape index (κ3) is 15.5. The maximum atomic E-state index is 12.4. The van der Waals surface area contributed by atoms with Gasteiger partial charge in [0.2, 0.25) is 11.8 Å². The molecule has 180 valence electrons. The highest BCUT2D eigenvalue weighted by molar-refractivity contribution is 5.84. The molecular weight excluding hydrogens is 404 g/mol. The zero-order chi connectivity index (χ0) is 23.9. The van der Waals surface area contributed by atoms with Crippen LogP contribution in [0.2, 0.25) is 0 Å². The van der Waals surface area contributed by atoms with Gasteiger partial charge in [0.15, 0.2) is 0 Å². The Bertz CT molecular complexity index is 576. The molecule has 0 saturated heterocycles. The maximum absolute atomic E-state index is 12.4. The van der Waals surface area contributed by atoms with Gasteiger partial charge in [0, 0.05) is 32.4 Å². The molecule has 9 nitrogen and oxygen atoms in total. The predicted octanol–water partition coefficient (Wildman–Crippen LogP) is 1.93. The fraction of sp³-hybridized carbons (Fsp3) is 0.818. The second-order valence-corrected chi connectivity index (χ2v) is 9.21. The number of carboxylic acid groups (broad SMARTS) is 1. The van der Waals surface area contributed by atoms with Gasteiger partial charge < -0.3 is 30.0 Å². The first-order valence-corrected chi connectivity index (χ1v) is 10.8. The highest BCUT2D eigenvalue weighted by atomic mass is 16.5. The number of carbonyl (C=O) groups is 4. The van der Waals surface area contributed by atoms with Crippen LogP contribution in [-0.4, -0.2) is 68.2 Å². The quantitative estimate of drug-likeness (QED) is 0.217. The molecule has 0 rings (SSSR count). The fourth-order valence-electron chi connectivity index (χ4n) is 3.58. The lowest BCUT2D eigenvalue weighted by Gasteiger charge is -2.33. The van der Waals surface area contributed by atoms with Crippen LogP contribution >= 0.6 is 0 Å². The van der Waals surface area contributed by atoms with Crippen molar-refractivity contribution in [2.75, 3.05) is 33.0 Å². The van der Waals surface area contributed by atoms with Crippen molar-refractivity contribution in [3.8, 4) is 0 Å². The Kier molecular flexibility index (Phi) is 13.9. The summed E-state index contributed by atoms with van der Waals surface area (Å²) in [6, 6.07) is -1.14. The minimum atomic E-state index is -1.18. The third-order valence-electron chi connectivity index (χ3n) is 4.67. The number of ether oxygens (including phenoxy) is 2. The molecule has 0 aliphatic rings. The minimum Gasteiger partial charge on any atom is -0.480 e. The summed E-state index contributed by atoms with van der Waals surface area (Å²) < 4.78 is 10.4. The number of aldehydes is 1. The molecule has 0 aromatic rings. The van der Waals surface area contributed by atoms with Crippen LogP contribution < -0.4 is 10.6 Å². The van der Waals surface area contributed by atoms with E-state index in [-0.39, 0.29) is 36.5 Å². The molecule has 0 aromatic carbocycles. The predicted molar refractivity (Wildman–Crippen MR) is 117 cm³/mol. The van der Waals surface area contributed by atoms with Crippen molar-refractivity contribution in [1.29, 1.82) is 0 Å². The van der Waals surface area contributed by atoms with Gasteiger partial charge in [-0.15, -0.1) is 0 Å². The van der Waals surface area contributed by atoms with Crippen LogP contribution in [0.25, 0.3) is 0 Å². The van der Waals surface area contributed by atoms with E-state index in [1.165, 1.54) is 0 Å². The van der Waals surface area contributed by atoms with Crippen LogP contribution in [0.5, 0.6) is 0 Å². The van der Waals surface area contributed by atoms with E-state index in [1.807, 2.05) is 34.6 Å². The van der Waals surface area contributed by atoms with Crippen LogP contribution in [-0.2, 0) is 28.7 Å². The monoisotopic (exact) mass is 444 g/mol. The molecule has 0 heterocycles. The van der Waals surface area contributed by atoms with E-state index in [0.29, 0.717) is 45.8 Å². The first-order valence-electron chi connectivity index (χ1n) is 10.8. The smallest absolute Gasteiger partial charge is 0.326 e. The van der Waals surface area contributed by atoms with E-state index in [9.17, 15) is 24.3 Å². The van der Waals surface area contributed by atoms with Crippen LogP contribution in [0.1, 0.15) is 66.7 Å². The first-order chi connectivity index (χ1) is 14.4. The molecular formula is C22H40N2O7. The van der Waals surface area contributed by atoms with Crippen molar-refractivity contribution in [2.45, 2.75) is 72.8 Å². The lowest BCUT2D eigenvalue weighted by molar-refractivity contribution is -0.142. The Morgan fingerprint density at radius 2 is 1.65 bits per heavy atom. The van der Waals surface area contributed by atoms with Crippen molar-refractivity contribution in [1.82, 2.24) is 10.6 Å². The molecule has 0 radical (unpaired) electrons. The molecule has 31 heavy (non-hydrogen) atoms. The summed E-state index contributed by atoms with van der Waals surface area (Å²) in [4.78, 5) is 46.6. The largest absolute Gasteiger partial charge is 0.480 e. The molecule has 9 heteroatoms. The lowest BCUT2D eigenvalue weighted by Crippen LogP contribution is -2.43. The minimum absolute atomic E-state index is 0.00479. The zero-order valence-electron chi connectivity index (χ0n) is 19.6. The van der Waals surface area contributed by atoms with Gasteiger partial charge >= 0.3 is 5.97 Å². The number of carbonyl (C=O) groups excluding carboxylic acids is 3. The Labute approximate surface area is 185 Å². The van der Waals surface area contributed by atoms with Crippen LogP contribution in [0.3, 0.4) is 0 Å². The second kappa shape index (κ2) is 14.9. The fourth-order valence-corrected chi connectivity index (χ4v) is 3.58. The van der Waals surface area contributed by atoms with E-state index in [4.69, 9.17) is 9.47 Å². The Morgan fingerprint density at radius 1 is 1.00 bits per heavy atom. The Balaban J connectivity index is 4.38. The summed E-state index contributed by atoms with van der Waals surface area (Å²) in [5.74, 6) is -1.87. The molecule has 2 amide bonds. The summed E-state index contributed by atoms with van der Waals surface area (Å²) in [5, 5.41) is 14.6. The Morgan fingerprint density at radius 3 is 2.23 bits per heavy atom. The molecule has 0 spiro atoms. The van der Waals surface area contributed by atoms with Crippen molar-refractivity contribution in [3.63, 3.8) is 0 Å². The summed E-state index contributed by atoms with van der Waals surface area (Å²) in [6.45, 7) is 11.9. The van der Waals surface area contributed by atoms with E-state index in [0.717, 1.165) is 6.29 Å². The van der Waals surface area contributed by atoms with Gasteiger partial charge in [0.1, 0.15) is 12.3 Å². The standard InChI is InChI=1S/C22H40N2O7/c1-6-30-13-14-31-12-10-23-18(26)8-7-17(20(28)29)24-19(27)15-22(4,5)16-21(2,3)9-11-25/h11,17H,6-10,12-16H2,1-5H3,(H,23,26)(H,24,27)(H,28,29). The highest BCUT2D eigenvalue weighted by Crippen LogP contribution is 2.37. The number of carboxylic acids is 1. The van der Waals surface area contributed by atoms with E-state index in [1.54, 1.807) is 0 Å². The normalized spacial score (nSPS) is 12.8. The number of hydrogen-bond acceptors (Lipinski definition) is 6. The first kappa shape index (κ1) is 29.0. The van der Waals surface area contributed by atoms with E-state index < -0.39 is 17.4 Å². The number of nitrogens with one attached hydrogen (secondary N) is 2. The lowest BCUT2D eigenvalue weighted by atomic mass is 9.72. The molecule has 0 aliphatic carbocycles. The van der Waals surface area contributed by atoms with Gasteiger partial charge in [-0.2, -0.15) is 0 Å². The molecule has 1 atom stereocenters. The van der Waals surface area contributed by atoms with Crippen molar-refractivity contribution < 1.29 is 33.8 Å². The second-order valence-electron chi connectivity index (χ2n) is 9.21. The molecule has 0 aromatic heterocycles. The van der Waals surface area contributed by atoms with Gasteiger partial charge in [-0.1, -0.05) is 27.7 Å². The third-order valence-corrected chi connectivity index (χ3v) is 4.67. The molecule has 0 fully saturated rings. The SMILES string of the molecule is CCOCCOCCNC(=O)CCC(NC(=O)CC(C)(C)CC(C)(C)CC=O)C(=O)O. The number of rotatable bonds is 18. The summed E-state index contributed by atoms with van der Waals surface area (Å²) in [5.41, 5.74) is -0.651. The number of aliphatic carboxylic acids is 1. The zero-order valence-corrected chi connectivity index (χ0v) is 19.6. The molecule has 0 aliphatic heterocycles. The topological polar surface area (TPSA) is 131 Å². The summed E-state index contributed by atoms with van der Waals surface area (Å²) >= 11 is 0. The van der Waals surface area contributed by atoms with E-state index in [2.05, 4.69) is 10.6 Å². The average Bonchev–Trinajstić information content (AvgIpc) is 2.62. The van der Waals surface area contributed by atoms with Gasteiger partial charge in [-0.3, -0.25) is 9.59 Å². The van der Waals surface area contributed by atoms with Crippen LogP contribution in [0, 0.1) is 10.8 Å². The summed E-state index contributed by atoms with van der Waals surface area (Å²) in [6.07, 6.45) is 2.00. The average molecular weight is 445 g/mol. The Hall–Kier alpha value is -2.00. The number of hydrogen-bond donors (Lipinski definition) is 3. The van der Waals surface area contributed by atoms with Gasteiger partial charge in [-0.05, 0) is 30.6 Å². The van der Waals surface area contributed by atoms with E-state index >= 15 is 0 Å².